The Morgan fingerprint density at radius 3 is 2.00 bits per heavy atom. The van der Waals surface area contributed by atoms with Crippen molar-refractivity contribution in [3.05, 3.63) is 71.8 Å². The molecule has 2 saturated carbocycles. The van der Waals surface area contributed by atoms with Crippen LogP contribution < -0.4 is 9.64 Å². The molecule has 0 radical (unpaired) electrons. The highest BCUT2D eigenvalue weighted by atomic mass is 16.5. The SMILES string of the molecule is O=Cc1ccc(OC(=O)c2ccc(N3C(=O)[C@H]4[C@@H]5C=C[C@@H]([C@H]6C[C@H]56)[C@@H]4C3=O)cc2)cc1. The molecule has 1 heterocycles. The van der Waals surface area contributed by atoms with Crippen molar-refractivity contribution in [2.24, 2.45) is 35.5 Å². The maximum absolute atomic E-state index is 13.2. The zero-order valence-corrected chi connectivity index (χ0v) is 16.5. The maximum Gasteiger partial charge on any atom is 0.343 e. The highest BCUT2D eigenvalue weighted by molar-refractivity contribution is 6.22. The summed E-state index contributed by atoms with van der Waals surface area (Å²) in [4.78, 5) is 50.8. The Labute approximate surface area is 178 Å². The van der Waals surface area contributed by atoms with E-state index in [-0.39, 0.29) is 35.5 Å². The number of nitrogens with zero attached hydrogens (tertiary/aromatic N) is 1. The molecular formula is C25H19NO5. The summed E-state index contributed by atoms with van der Waals surface area (Å²) in [5, 5.41) is 0. The quantitative estimate of drug-likeness (QED) is 0.253. The van der Waals surface area contributed by atoms with Crippen molar-refractivity contribution in [3.8, 4) is 5.75 Å². The fourth-order valence-electron chi connectivity index (χ4n) is 5.74. The first-order valence-corrected chi connectivity index (χ1v) is 10.5. The van der Waals surface area contributed by atoms with Gasteiger partial charge in [-0.05, 0) is 78.6 Å². The van der Waals surface area contributed by atoms with Gasteiger partial charge in [0.2, 0.25) is 11.8 Å². The van der Waals surface area contributed by atoms with Crippen LogP contribution in [0.15, 0.2) is 60.7 Å². The third-order valence-corrected chi connectivity index (χ3v) is 7.25. The van der Waals surface area contributed by atoms with Gasteiger partial charge in [-0.3, -0.25) is 19.3 Å². The van der Waals surface area contributed by atoms with Gasteiger partial charge in [0.05, 0.1) is 23.1 Å². The van der Waals surface area contributed by atoms with Crippen molar-refractivity contribution in [3.63, 3.8) is 0 Å². The lowest BCUT2D eigenvalue weighted by Crippen LogP contribution is -2.40. The second-order valence-electron chi connectivity index (χ2n) is 8.79. The number of carbonyl (C=O) groups excluding carboxylic acids is 4. The van der Waals surface area contributed by atoms with Gasteiger partial charge in [0.1, 0.15) is 12.0 Å². The molecule has 31 heavy (non-hydrogen) atoms. The Kier molecular flexibility index (Phi) is 3.81. The van der Waals surface area contributed by atoms with Crippen LogP contribution in [-0.2, 0) is 9.59 Å². The summed E-state index contributed by atoms with van der Waals surface area (Å²) in [6, 6.07) is 12.6. The number of allylic oxidation sites excluding steroid dienone is 2. The minimum Gasteiger partial charge on any atom is -0.423 e. The Balaban J connectivity index is 1.21. The molecule has 1 saturated heterocycles. The molecule has 154 valence electrons. The number of ether oxygens (including phenoxy) is 1. The van der Waals surface area contributed by atoms with E-state index in [9.17, 15) is 19.2 Å². The van der Waals surface area contributed by atoms with Gasteiger partial charge in [0.25, 0.3) is 0 Å². The average molecular weight is 413 g/mol. The molecule has 0 unspecified atom stereocenters. The van der Waals surface area contributed by atoms with Crippen LogP contribution in [0.25, 0.3) is 0 Å². The van der Waals surface area contributed by atoms with Gasteiger partial charge in [-0.25, -0.2) is 4.79 Å². The van der Waals surface area contributed by atoms with E-state index in [1.54, 1.807) is 48.5 Å². The third kappa shape index (κ3) is 2.64. The van der Waals surface area contributed by atoms with E-state index in [2.05, 4.69) is 12.2 Å². The molecule has 3 fully saturated rings. The largest absolute Gasteiger partial charge is 0.423 e. The first kappa shape index (κ1) is 18.2. The summed E-state index contributed by atoms with van der Waals surface area (Å²) in [6.07, 6.45) is 6.14. The van der Waals surface area contributed by atoms with Crippen LogP contribution in [0.3, 0.4) is 0 Å². The predicted octanol–water partition coefficient (Wildman–Crippen LogP) is 3.28. The standard InChI is InChI=1S/C25H19NO5/c27-12-13-1-7-16(8-2-13)31-25(30)14-3-5-15(6-4-14)26-23(28)21-17-9-10-18(20-11-19(17)20)22(21)24(26)29/h1-10,12,17-22H,11H2/t17-,18+,19-,20-,21+,22+/m1/s1. The number of hydrogen-bond donors (Lipinski definition) is 0. The summed E-state index contributed by atoms with van der Waals surface area (Å²) in [7, 11) is 0. The number of imide groups is 1. The summed E-state index contributed by atoms with van der Waals surface area (Å²) in [5.41, 5.74) is 1.29. The van der Waals surface area contributed by atoms with E-state index >= 15 is 0 Å². The van der Waals surface area contributed by atoms with Gasteiger partial charge in [0.15, 0.2) is 0 Å². The van der Waals surface area contributed by atoms with E-state index in [0.717, 1.165) is 6.42 Å². The summed E-state index contributed by atoms with van der Waals surface area (Å²) >= 11 is 0. The Morgan fingerprint density at radius 1 is 0.871 bits per heavy atom. The second kappa shape index (κ2) is 6.48. The monoisotopic (exact) mass is 413 g/mol. The smallest absolute Gasteiger partial charge is 0.343 e. The third-order valence-electron chi connectivity index (χ3n) is 7.25. The summed E-state index contributed by atoms with van der Waals surface area (Å²) in [6.45, 7) is 0. The van der Waals surface area contributed by atoms with Crippen LogP contribution in [0.1, 0.15) is 27.1 Å². The molecule has 4 aliphatic carbocycles. The van der Waals surface area contributed by atoms with Crippen molar-refractivity contribution in [2.75, 3.05) is 4.90 Å². The number of amides is 2. The van der Waals surface area contributed by atoms with Crippen molar-refractivity contribution in [1.82, 2.24) is 0 Å². The Hall–Kier alpha value is -3.54. The van der Waals surface area contributed by atoms with Crippen LogP contribution in [0, 0.1) is 35.5 Å². The maximum atomic E-state index is 13.2. The van der Waals surface area contributed by atoms with E-state index in [1.165, 1.54) is 4.90 Å². The highest BCUT2D eigenvalue weighted by Gasteiger charge is 2.67. The van der Waals surface area contributed by atoms with Crippen LogP contribution in [0.4, 0.5) is 5.69 Å². The lowest BCUT2D eigenvalue weighted by atomic mass is 9.63. The van der Waals surface area contributed by atoms with Gasteiger partial charge in [-0.15, -0.1) is 0 Å². The van der Waals surface area contributed by atoms with E-state index in [4.69, 9.17) is 4.74 Å². The zero-order chi connectivity index (χ0) is 21.3. The predicted molar refractivity (Wildman–Crippen MR) is 110 cm³/mol. The molecule has 0 N–H and O–H groups in total. The van der Waals surface area contributed by atoms with E-state index in [1.807, 2.05) is 0 Å². The number of hydrogen-bond acceptors (Lipinski definition) is 5. The fraction of sp³-hybridized carbons (Fsp3) is 0.280. The van der Waals surface area contributed by atoms with E-state index < -0.39 is 5.97 Å². The van der Waals surface area contributed by atoms with Crippen molar-refractivity contribution in [2.45, 2.75) is 6.42 Å². The summed E-state index contributed by atoms with van der Waals surface area (Å²) in [5.74, 6) is 0.528. The molecule has 1 aliphatic heterocycles. The summed E-state index contributed by atoms with van der Waals surface area (Å²) < 4.78 is 5.33. The molecule has 6 heteroatoms. The molecule has 2 amide bonds. The minimum absolute atomic E-state index is 0.120. The molecule has 2 aromatic carbocycles. The van der Waals surface area contributed by atoms with Gasteiger partial charge in [0, 0.05) is 5.56 Å². The normalized spacial score (nSPS) is 31.9. The molecule has 6 atom stereocenters. The molecule has 0 aromatic heterocycles. The molecule has 0 spiro atoms. The Morgan fingerprint density at radius 2 is 1.45 bits per heavy atom. The molecule has 6 nitrogen and oxygen atoms in total. The van der Waals surface area contributed by atoms with Crippen LogP contribution in [0.2, 0.25) is 0 Å². The first-order chi connectivity index (χ1) is 15.1. The lowest BCUT2D eigenvalue weighted by Gasteiger charge is -2.37. The number of benzene rings is 2. The minimum atomic E-state index is -0.555. The molecule has 5 aliphatic rings. The van der Waals surface area contributed by atoms with Gasteiger partial charge in [-0.2, -0.15) is 0 Å². The Bertz CT molecular complexity index is 1110. The van der Waals surface area contributed by atoms with Crippen LogP contribution in [-0.4, -0.2) is 24.1 Å². The fourth-order valence-corrected chi connectivity index (χ4v) is 5.74. The number of esters is 1. The number of carbonyl (C=O) groups is 4. The molecule has 2 aromatic rings. The first-order valence-electron chi connectivity index (χ1n) is 10.5. The zero-order valence-electron chi connectivity index (χ0n) is 16.5. The van der Waals surface area contributed by atoms with Crippen molar-refractivity contribution in [1.29, 1.82) is 0 Å². The van der Waals surface area contributed by atoms with Crippen molar-refractivity contribution < 1.29 is 23.9 Å². The van der Waals surface area contributed by atoms with Gasteiger partial charge < -0.3 is 4.74 Å². The number of aldehydes is 1. The van der Waals surface area contributed by atoms with E-state index in [0.29, 0.717) is 40.7 Å². The van der Waals surface area contributed by atoms with Gasteiger partial charge >= 0.3 is 5.97 Å². The van der Waals surface area contributed by atoms with Crippen LogP contribution in [0.5, 0.6) is 5.75 Å². The molecular weight excluding hydrogens is 394 g/mol. The molecule has 2 bridgehead atoms. The topological polar surface area (TPSA) is 80.8 Å². The van der Waals surface area contributed by atoms with Gasteiger partial charge in [-0.1, -0.05) is 12.2 Å². The van der Waals surface area contributed by atoms with Crippen molar-refractivity contribution >= 4 is 29.8 Å². The molecule has 7 rings (SSSR count). The number of anilines is 1. The highest BCUT2D eigenvalue weighted by Crippen LogP contribution is 2.65. The van der Waals surface area contributed by atoms with Crippen LogP contribution >= 0.6 is 0 Å². The second-order valence-corrected chi connectivity index (χ2v) is 8.79. The number of rotatable bonds is 4. The average Bonchev–Trinajstić information content (AvgIpc) is 3.58. The lowest BCUT2D eigenvalue weighted by molar-refractivity contribution is -0.124.